The van der Waals surface area contributed by atoms with Crippen LogP contribution in [0.1, 0.15) is 46.0 Å². The maximum Gasteiger partial charge on any atom is 0.345 e. The second-order valence-corrected chi connectivity index (χ2v) is 9.12. The van der Waals surface area contributed by atoms with Crippen LogP contribution in [0.25, 0.3) is 0 Å². The van der Waals surface area contributed by atoms with Crippen LogP contribution in [-0.2, 0) is 51.8 Å². The van der Waals surface area contributed by atoms with Gasteiger partial charge in [-0.05, 0) is 57.1 Å². The van der Waals surface area contributed by atoms with Gasteiger partial charge in [0.15, 0.2) is 17.1 Å². The summed E-state index contributed by atoms with van der Waals surface area (Å²) in [7, 11) is 0. The van der Waals surface area contributed by atoms with Gasteiger partial charge in [-0.3, -0.25) is 4.79 Å². The maximum atomic E-state index is 16.8. The molecule has 0 aromatic rings. The van der Waals surface area contributed by atoms with Crippen molar-refractivity contribution in [3.63, 3.8) is 0 Å². The predicted octanol–water partition coefficient (Wildman–Crippen LogP) is 2.26. The number of carboxylic acids is 1. The van der Waals surface area contributed by atoms with Crippen LogP contribution in [0.4, 0.5) is 4.39 Å². The van der Waals surface area contributed by atoms with E-state index in [1.165, 1.54) is 18.6 Å². The molecule has 0 aromatic heterocycles. The number of hydrogen-bond acceptors (Lipinski definition) is 5. The van der Waals surface area contributed by atoms with Crippen LogP contribution in [-0.4, -0.2) is 45.8 Å². The Morgan fingerprint density at radius 2 is 2.00 bits per heavy atom. The first-order valence-electron chi connectivity index (χ1n) is 9.66. The maximum absolute atomic E-state index is 16.8. The van der Waals surface area contributed by atoms with E-state index < -0.39 is 40.1 Å². The number of carboxylic acid groups (broad SMARTS) is 1. The molecule has 0 bridgehead atoms. The Morgan fingerprint density at radius 3 is 2.62 bits per heavy atom. The second-order valence-electron chi connectivity index (χ2n) is 9.12. The van der Waals surface area contributed by atoms with Gasteiger partial charge in [-0.25, -0.2) is 9.18 Å². The van der Waals surface area contributed by atoms with Gasteiger partial charge in [0.2, 0.25) is 0 Å². The first-order chi connectivity index (χ1) is 13.1. The minimum atomic E-state index is -2.03. The molecule has 29 heavy (non-hydrogen) atoms. The van der Waals surface area contributed by atoms with Crippen LogP contribution in [0.3, 0.4) is 0 Å². The molecule has 0 saturated heterocycles. The first kappa shape index (κ1) is 22.8. The number of allylic oxidation sites excluding steroid dienone is 4. The first-order valence-corrected chi connectivity index (χ1v) is 9.66. The van der Waals surface area contributed by atoms with E-state index in [2.05, 4.69) is 0 Å². The third-order valence-electron chi connectivity index (χ3n) is 8.32. The molecule has 7 atom stereocenters. The Hall–Kier alpha value is -0.916. The van der Waals surface area contributed by atoms with Gasteiger partial charge in [0, 0.05) is 49.5 Å². The Labute approximate surface area is 193 Å². The third-order valence-corrected chi connectivity index (χ3v) is 8.32. The summed E-state index contributed by atoms with van der Waals surface area (Å²) in [5, 5.41) is 20.9. The number of halogens is 1. The van der Waals surface area contributed by atoms with E-state index >= 15 is 4.39 Å². The molecule has 0 aliphatic heterocycles. The number of aliphatic hydroxyl groups is 1. The van der Waals surface area contributed by atoms with Crippen LogP contribution < -0.4 is 0 Å². The Bertz CT molecular complexity index is 826. The van der Waals surface area contributed by atoms with Crippen LogP contribution in [0.15, 0.2) is 23.8 Å². The smallest absolute Gasteiger partial charge is 0.345 e. The molecule has 6 nitrogen and oxygen atoms in total. The van der Waals surface area contributed by atoms with Crippen LogP contribution in [0.2, 0.25) is 0 Å². The van der Waals surface area contributed by atoms with Gasteiger partial charge in [-0.2, -0.15) is 0 Å². The van der Waals surface area contributed by atoms with E-state index in [0.717, 1.165) is 0 Å². The van der Waals surface area contributed by atoms with Gasteiger partial charge in [0.25, 0.3) is 0 Å². The summed E-state index contributed by atoms with van der Waals surface area (Å²) in [6.45, 7) is 4.66. The van der Waals surface area contributed by atoms with Crippen molar-refractivity contribution in [2.75, 3.05) is 0 Å². The zero-order chi connectivity index (χ0) is 20.5. The molecule has 155 valence electrons. The summed E-state index contributed by atoms with van der Waals surface area (Å²) in [6, 6.07) is 0. The van der Waals surface area contributed by atoms with Crippen molar-refractivity contribution in [2.24, 2.45) is 22.7 Å². The molecule has 4 aliphatic rings. The number of carbonyl (C=O) groups is 2. The minimum absolute atomic E-state index is 0. The fourth-order valence-electron chi connectivity index (χ4n) is 6.83. The van der Waals surface area contributed by atoms with Crippen molar-refractivity contribution in [1.29, 1.82) is 0 Å². The molecule has 3 fully saturated rings. The molecule has 0 aromatic carbocycles. The van der Waals surface area contributed by atoms with E-state index in [1.54, 1.807) is 19.9 Å². The molecular formula is C21H24FO6Y-. The molecule has 0 heterocycles. The molecule has 4 rings (SSSR count). The number of fused-ring (bicyclic) bond motifs is 5. The van der Waals surface area contributed by atoms with Gasteiger partial charge in [-0.15, -0.1) is 0 Å². The second kappa shape index (κ2) is 7.06. The Balaban J connectivity index is 0.00000240. The summed E-state index contributed by atoms with van der Waals surface area (Å²) >= 11 is 0. The number of hydrogen-bond donors (Lipinski definition) is 2. The molecule has 2 N–H and O–H groups in total. The number of alkyl halides is 1. The molecule has 0 amide bonds. The van der Waals surface area contributed by atoms with Crippen molar-refractivity contribution < 1.29 is 66.4 Å². The predicted molar refractivity (Wildman–Crippen MR) is 95.5 cm³/mol. The standard InChI is InChI=1S/C21H24FO6.Y/c1-18-7-5-13(24)9-12(18)3-4-15-14-6-8-20(17(26)27,28-11-23)19(14,2)10-16(25)21(15,18)22;/h5,7,9,14-16,25H,3-4,6,8,10H2,1-2H3,(H,26,27);/q-1;/t14-,15-,16-,18-,19-,20-,21-;/m0./s1. The van der Waals surface area contributed by atoms with Crippen molar-refractivity contribution in [1.82, 2.24) is 0 Å². The van der Waals surface area contributed by atoms with Gasteiger partial charge in [-0.1, -0.05) is 25.0 Å². The average molecular weight is 480 g/mol. The summed E-state index contributed by atoms with van der Waals surface area (Å²) in [5.41, 5.74) is -5.42. The molecule has 0 unspecified atom stereocenters. The van der Waals surface area contributed by atoms with Crippen molar-refractivity contribution in [3.8, 4) is 0 Å². The monoisotopic (exact) mass is 480 g/mol. The zero-order valence-electron chi connectivity index (χ0n) is 16.5. The van der Waals surface area contributed by atoms with Crippen molar-refractivity contribution >= 4 is 18.2 Å². The number of aliphatic hydroxyl groups excluding tert-OH is 1. The number of ketones is 1. The fourth-order valence-corrected chi connectivity index (χ4v) is 6.83. The molecule has 0 spiro atoms. The molecule has 4 aliphatic carbocycles. The molecule has 8 heteroatoms. The van der Waals surface area contributed by atoms with E-state index in [1.807, 2.05) is 0 Å². The summed E-state index contributed by atoms with van der Waals surface area (Å²) in [4.78, 5) is 34.9. The fraction of sp³-hybridized carbons (Fsp3) is 0.667. The quantitative estimate of drug-likeness (QED) is 0.602. The number of carbonyl (C=O) groups excluding carboxylic acids is 2. The number of rotatable bonds is 3. The molecule has 3 saturated carbocycles. The van der Waals surface area contributed by atoms with Gasteiger partial charge < -0.3 is 19.7 Å². The van der Waals surface area contributed by atoms with Crippen LogP contribution >= 0.6 is 0 Å². The summed E-state index contributed by atoms with van der Waals surface area (Å²) < 4.78 is 21.8. The van der Waals surface area contributed by atoms with E-state index in [4.69, 9.17) is 4.74 Å². The van der Waals surface area contributed by atoms with Crippen LogP contribution in [0.5, 0.6) is 0 Å². The van der Waals surface area contributed by atoms with Gasteiger partial charge in [0.05, 0.1) is 6.10 Å². The van der Waals surface area contributed by atoms with Crippen molar-refractivity contribution in [3.05, 3.63) is 23.8 Å². The van der Waals surface area contributed by atoms with Gasteiger partial charge >= 0.3 is 5.97 Å². The zero-order valence-corrected chi connectivity index (χ0v) is 19.3. The average Bonchev–Trinajstić information content (AvgIpc) is 2.91. The molecule has 1 radical (unpaired) electrons. The van der Waals surface area contributed by atoms with E-state index in [0.29, 0.717) is 24.8 Å². The number of ether oxygens (including phenoxy) is 1. The topological polar surface area (TPSA) is 101 Å². The largest absolute Gasteiger partial charge is 0.641 e. The Kier molecular flexibility index (Phi) is 5.54. The van der Waals surface area contributed by atoms with E-state index in [9.17, 15) is 24.6 Å². The van der Waals surface area contributed by atoms with Gasteiger partial charge in [0.1, 0.15) is 0 Å². The Morgan fingerprint density at radius 1 is 1.31 bits per heavy atom. The third kappa shape index (κ3) is 2.59. The summed E-state index contributed by atoms with van der Waals surface area (Å²) in [6.07, 6.45) is 4.09. The number of aliphatic carboxylic acids is 1. The summed E-state index contributed by atoms with van der Waals surface area (Å²) in [5.74, 6) is -2.47. The minimum Gasteiger partial charge on any atom is -0.641 e. The van der Waals surface area contributed by atoms with Crippen molar-refractivity contribution in [2.45, 2.75) is 63.3 Å². The van der Waals surface area contributed by atoms with E-state index in [-0.39, 0.29) is 57.3 Å². The molecular weight excluding hydrogens is 456 g/mol. The SMILES string of the molecule is C[C@]12C=CC(=O)C=C1CC[C@H]1[C@@H]3CC[C@](O[C-]=O)(C(=O)O)[C@@]3(C)C[C@H](O)[C@@]12F.[Y]. The normalized spacial score (nSPS) is 47.8. The van der Waals surface area contributed by atoms with Crippen LogP contribution in [0, 0.1) is 22.7 Å².